The molecule has 0 N–H and O–H groups in total. The molecule has 0 aliphatic carbocycles. The molecule has 29 heavy (non-hydrogen) atoms. The van der Waals surface area contributed by atoms with Crippen LogP contribution in [-0.4, -0.2) is 16.4 Å². The maximum absolute atomic E-state index is 5.90. The predicted octanol–water partition coefficient (Wildman–Crippen LogP) is 6.03. The Kier molecular flexibility index (Phi) is 5.68. The lowest BCUT2D eigenvalue weighted by Gasteiger charge is -2.03. The van der Waals surface area contributed by atoms with Gasteiger partial charge in [-0.3, -0.25) is 4.99 Å². The second kappa shape index (κ2) is 8.71. The van der Waals surface area contributed by atoms with Gasteiger partial charge in [0.2, 0.25) is 5.82 Å². The molecule has 0 aliphatic rings. The molecule has 3 aromatic carbocycles. The fourth-order valence-corrected chi connectivity index (χ4v) is 2.73. The summed E-state index contributed by atoms with van der Waals surface area (Å²) in [7, 11) is 0. The van der Waals surface area contributed by atoms with Gasteiger partial charge < -0.3 is 9.26 Å². The molecule has 5 nitrogen and oxygen atoms in total. The molecular formula is C23H18ClN3O2. The first-order chi connectivity index (χ1) is 14.2. The van der Waals surface area contributed by atoms with Gasteiger partial charge in [0.05, 0.1) is 5.69 Å². The molecule has 0 fully saturated rings. The number of benzene rings is 3. The second-order valence-electron chi connectivity index (χ2n) is 6.47. The van der Waals surface area contributed by atoms with E-state index in [2.05, 4.69) is 22.1 Å². The highest BCUT2D eigenvalue weighted by atomic mass is 35.5. The van der Waals surface area contributed by atoms with Crippen molar-refractivity contribution < 1.29 is 9.26 Å². The summed E-state index contributed by atoms with van der Waals surface area (Å²) in [6, 6.07) is 23.0. The van der Waals surface area contributed by atoms with Crippen LogP contribution < -0.4 is 4.74 Å². The summed E-state index contributed by atoms with van der Waals surface area (Å²) in [5.74, 6) is 1.62. The molecule has 4 rings (SSSR count). The first kappa shape index (κ1) is 18.9. The Balaban J connectivity index is 1.34. The zero-order valence-corrected chi connectivity index (χ0v) is 16.5. The van der Waals surface area contributed by atoms with E-state index in [-0.39, 0.29) is 6.61 Å². The zero-order valence-electron chi connectivity index (χ0n) is 15.7. The quantitative estimate of drug-likeness (QED) is 0.369. The molecule has 0 saturated carbocycles. The highest BCUT2D eigenvalue weighted by molar-refractivity contribution is 6.30. The van der Waals surface area contributed by atoms with Crippen molar-refractivity contribution in [3.8, 4) is 17.1 Å². The number of hydrogen-bond donors (Lipinski definition) is 0. The summed E-state index contributed by atoms with van der Waals surface area (Å²) in [4.78, 5) is 8.82. The van der Waals surface area contributed by atoms with Crippen molar-refractivity contribution in [3.05, 3.63) is 94.8 Å². The Morgan fingerprint density at radius 2 is 1.69 bits per heavy atom. The molecular weight excluding hydrogens is 386 g/mol. The maximum atomic E-state index is 5.90. The number of nitrogens with zero attached hydrogens (tertiary/aromatic N) is 3. The standard InChI is InChI=1S/C23H18ClN3O2/c1-16-2-10-20(11-3-16)25-14-17-4-12-21(13-5-17)28-15-22-26-23(27-29-22)18-6-8-19(24)9-7-18/h2-14H,15H2,1H3. The van der Waals surface area contributed by atoms with Crippen LogP contribution in [0.2, 0.25) is 5.02 Å². The first-order valence-corrected chi connectivity index (χ1v) is 9.46. The SMILES string of the molecule is Cc1ccc(N=Cc2ccc(OCc3nc(-c4ccc(Cl)cc4)no3)cc2)cc1. The van der Waals surface area contributed by atoms with E-state index in [9.17, 15) is 0 Å². The van der Waals surface area contributed by atoms with Gasteiger partial charge in [0, 0.05) is 16.8 Å². The van der Waals surface area contributed by atoms with E-state index in [0.717, 1.165) is 16.8 Å². The van der Waals surface area contributed by atoms with E-state index in [0.29, 0.717) is 22.5 Å². The number of aromatic nitrogens is 2. The highest BCUT2D eigenvalue weighted by Gasteiger charge is 2.09. The normalized spacial score (nSPS) is 11.1. The van der Waals surface area contributed by atoms with Gasteiger partial charge in [0.25, 0.3) is 5.89 Å². The largest absolute Gasteiger partial charge is 0.484 e. The van der Waals surface area contributed by atoms with Crippen molar-refractivity contribution in [3.63, 3.8) is 0 Å². The van der Waals surface area contributed by atoms with Crippen LogP contribution in [0.25, 0.3) is 11.4 Å². The lowest BCUT2D eigenvalue weighted by molar-refractivity contribution is 0.243. The number of aryl methyl sites for hydroxylation is 1. The lowest BCUT2D eigenvalue weighted by atomic mass is 10.2. The van der Waals surface area contributed by atoms with Gasteiger partial charge in [-0.25, -0.2) is 0 Å². The summed E-state index contributed by atoms with van der Waals surface area (Å²) in [6.07, 6.45) is 1.82. The van der Waals surface area contributed by atoms with Gasteiger partial charge in [-0.05, 0) is 73.2 Å². The predicted molar refractivity (Wildman–Crippen MR) is 114 cm³/mol. The number of aliphatic imine (C=N–C) groups is 1. The van der Waals surface area contributed by atoms with Crippen LogP contribution in [0.4, 0.5) is 5.69 Å². The monoisotopic (exact) mass is 403 g/mol. The van der Waals surface area contributed by atoms with Crippen LogP contribution in [0.3, 0.4) is 0 Å². The van der Waals surface area contributed by atoms with Crippen LogP contribution >= 0.6 is 11.6 Å². The first-order valence-electron chi connectivity index (χ1n) is 9.08. The van der Waals surface area contributed by atoms with E-state index in [4.69, 9.17) is 20.9 Å². The molecule has 4 aromatic rings. The van der Waals surface area contributed by atoms with Crippen molar-refractivity contribution >= 4 is 23.5 Å². The average Bonchev–Trinajstić information content (AvgIpc) is 3.22. The second-order valence-corrected chi connectivity index (χ2v) is 6.91. The minimum absolute atomic E-state index is 0.192. The summed E-state index contributed by atoms with van der Waals surface area (Å²) in [6.45, 7) is 2.25. The third-order valence-electron chi connectivity index (χ3n) is 4.21. The van der Waals surface area contributed by atoms with Crippen LogP contribution in [0.1, 0.15) is 17.0 Å². The molecule has 0 radical (unpaired) electrons. The van der Waals surface area contributed by atoms with Crippen LogP contribution in [0.15, 0.2) is 82.3 Å². The van der Waals surface area contributed by atoms with Gasteiger partial charge in [-0.1, -0.05) is 34.5 Å². The average molecular weight is 404 g/mol. The van der Waals surface area contributed by atoms with Crippen molar-refractivity contribution in [1.29, 1.82) is 0 Å². The van der Waals surface area contributed by atoms with E-state index in [1.807, 2.05) is 66.9 Å². The minimum Gasteiger partial charge on any atom is -0.484 e. The molecule has 0 atom stereocenters. The summed E-state index contributed by atoms with van der Waals surface area (Å²) in [5, 5.41) is 4.63. The fraction of sp³-hybridized carbons (Fsp3) is 0.0870. The summed E-state index contributed by atoms with van der Waals surface area (Å²) in [5.41, 5.74) is 3.96. The van der Waals surface area contributed by atoms with Crippen molar-refractivity contribution in [2.24, 2.45) is 4.99 Å². The molecule has 1 heterocycles. The number of hydrogen-bond acceptors (Lipinski definition) is 5. The van der Waals surface area contributed by atoms with Crippen molar-refractivity contribution in [2.45, 2.75) is 13.5 Å². The summed E-state index contributed by atoms with van der Waals surface area (Å²) >= 11 is 5.90. The van der Waals surface area contributed by atoms with Crippen molar-refractivity contribution in [2.75, 3.05) is 0 Å². The molecule has 6 heteroatoms. The molecule has 0 saturated heterocycles. The van der Waals surface area contributed by atoms with Gasteiger partial charge in [0.1, 0.15) is 5.75 Å². The molecule has 0 aliphatic heterocycles. The molecule has 1 aromatic heterocycles. The van der Waals surface area contributed by atoms with E-state index >= 15 is 0 Å². The Morgan fingerprint density at radius 1 is 0.966 bits per heavy atom. The van der Waals surface area contributed by atoms with Gasteiger partial charge >= 0.3 is 0 Å². The number of rotatable bonds is 6. The molecule has 0 unspecified atom stereocenters. The third kappa shape index (κ3) is 5.09. The minimum atomic E-state index is 0.192. The third-order valence-corrected chi connectivity index (χ3v) is 4.46. The molecule has 0 amide bonds. The zero-order chi connectivity index (χ0) is 20.1. The number of ether oxygens (including phenoxy) is 1. The smallest absolute Gasteiger partial charge is 0.264 e. The Hall–Kier alpha value is -3.44. The number of halogens is 1. The Morgan fingerprint density at radius 3 is 2.41 bits per heavy atom. The topological polar surface area (TPSA) is 60.5 Å². The van der Waals surface area contributed by atoms with Gasteiger partial charge in [-0.2, -0.15) is 4.98 Å². The molecule has 0 spiro atoms. The van der Waals surface area contributed by atoms with E-state index in [1.54, 1.807) is 12.1 Å². The fourth-order valence-electron chi connectivity index (χ4n) is 2.60. The lowest BCUT2D eigenvalue weighted by Crippen LogP contribution is -1.96. The van der Waals surface area contributed by atoms with Gasteiger partial charge in [-0.15, -0.1) is 0 Å². The van der Waals surface area contributed by atoms with Crippen molar-refractivity contribution in [1.82, 2.24) is 10.1 Å². The van der Waals surface area contributed by atoms with E-state index < -0.39 is 0 Å². The molecule has 144 valence electrons. The molecule has 0 bridgehead atoms. The Labute approximate surface area is 173 Å². The maximum Gasteiger partial charge on any atom is 0.264 e. The van der Waals surface area contributed by atoms with Crippen LogP contribution in [0.5, 0.6) is 5.75 Å². The summed E-state index contributed by atoms with van der Waals surface area (Å²) < 4.78 is 11.0. The van der Waals surface area contributed by atoms with Gasteiger partial charge in [0.15, 0.2) is 6.61 Å². The van der Waals surface area contributed by atoms with Crippen LogP contribution in [-0.2, 0) is 6.61 Å². The van der Waals surface area contributed by atoms with E-state index in [1.165, 1.54) is 5.56 Å². The Bertz CT molecular complexity index is 1100. The highest BCUT2D eigenvalue weighted by Crippen LogP contribution is 2.20. The van der Waals surface area contributed by atoms with Crippen LogP contribution in [0, 0.1) is 6.92 Å².